The quantitative estimate of drug-likeness (QED) is 0.299. The summed E-state index contributed by atoms with van der Waals surface area (Å²) in [4.78, 5) is 10.3. The van der Waals surface area contributed by atoms with Crippen molar-refractivity contribution in [2.24, 2.45) is 0 Å². The number of nitrogens with one attached hydrogen (secondary N) is 1. The van der Waals surface area contributed by atoms with Gasteiger partial charge in [-0.15, -0.1) is 6.58 Å². The highest BCUT2D eigenvalue weighted by Crippen LogP contribution is 2.38. The number of sulfonamides is 1. The molecule has 0 amide bonds. The van der Waals surface area contributed by atoms with Gasteiger partial charge in [-0.1, -0.05) is 56.0 Å². The molecule has 10 heteroatoms. The zero-order chi connectivity index (χ0) is 26.3. The first-order chi connectivity index (χ1) is 17.1. The molecule has 0 spiro atoms. The molecule has 0 aliphatic rings. The molecule has 1 N–H and O–H groups in total. The molecule has 0 unspecified atom stereocenters. The molecule has 0 bridgehead atoms. The van der Waals surface area contributed by atoms with Gasteiger partial charge in [0, 0.05) is 18.7 Å². The zero-order valence-corrected chi connectivity index (χ0v) is 20.6. The van der Waals surface area contributed by atoms with Gasteiger partial charge in [0.2, 0.25) is 0 Å². The number of halogens is 3. The summed E-state index contributed by atoms with van der Waals surface area (Å²) in [5.74, 6) is 0.212. The third kappa shape index (κ3) is 6.31. The summed E-state index contributed by atoms with van der Waals surface area (Å²) < 4.78 is 69.8. The van der Waals surface area contributed by atoms with E-state index in [0.29, 0.717) is 30.9 Å². The van der Waals surface area contributed by atoms with Gasteiger partial charge in [-0.2, -0.15) is 21.6 Å². The first kappa shape index (κ1) is 26.9. The second-order valence-electron chi connectivity index (χ2n) is 7.89. The minimum absolute atomic E-state index is 0.179. The van der Waals surface area contributed by atoms with Crippen LogP contribution in [0, 0.1) is 0 Å². The van der Waals surface area contributed by atoms with E-state index in [2.05, 4.69) is 27.8 Å². The predicted molar refractivity (Wildman–Crippen MR) is 137 cm³/mol. The summed E-state index contributed by atoms with van der Waals surface area (Å²) in [6.07, 6.45) is 0.0128. The van der Waals surface area contributed by atoms with Crippen molar-refractivity contribution in [3.63, 3.8) is 0 Å². The molecule has 0 atom stereocenters. The van der Waals surface area contributed by atoms with E-state index in [9.17, 15) is 21.6 Å². The van der Waals surface area contributed by atoms with Crippen LogP contribution < -0.4 is 9.62 Å². The van der Waals surface area contributed by atoms with Crippen LogP contribution in [0.15, 0.2) is 78.9 Å². The molecule has 1 aromatic carbocycles. The summed E-state index contributed by atoms with van der Waals surface area (Å²) in [6, 6.07) is 12.7. The molecule has 190 valence electrons. The Bertz CT molecular complexity index is 1340. The Morgan fingerprint density at radius 3 is 2.42 bits per heavy atom. The van der Waals surface area contributed by atoms with Gasteiger partial charge < -0.3 is 4.90 Å². The first-order valence-electron chi connectivity index (χ1n) is 11.3. The molecule has 2 aromatic heterocycles. The second-order valence-corrected chi connectivity index (χ2v) is 9.51. The number of anilines is 2. The SMILES string of the molecule is C=CCCN(CCC)c1cccc(S(=O)(=O)Nc2ccc(C(F)(F)F)c(-c3ccccc3C=C)n2)n1. The van der Waals surface area contributed by atoms with Crippen molar-refractivity contribution >= 4 is 27.7 Å². The topological polar surface area (TPSA) is 75.2 Å². The predicted octanol–water partition coefficient (Wildman–Crippen LogP) is 6.40. The van der Waals surface area contributed by atoms with Gasteiger partial charge in [0.1, 0.15) is 11.6 Å². The van der Waals surface area contributed by atoms with Crippen molar-refractivity contribution < 1.29 is 21.6 Å². The minimum Gasteiger partial charge on any atom is -0.356 e. The van der Waals surface area contributed by atoms with Gasteiger partial charge in [0.15, 0.2) is 5.03 Å². The molecular formula is C26H27F3N4O2S. The Kier molecular flexibility index (Phi) is 8.52. The van der Waals surface area contributed by atoms with Crippen LogP contribution in [0.5, 0.6) is 0 Å². The molecule has 0 aliphatic carbocycles. The number of nitrogens with zero attached hydrogens (tertiary/aromatic N) is 3. The van der Waals surface area contributed by atoms with Crippen LogP contribution in [-0.4, -0.2) is 31.5 Å². The van der Waals surface area contributed by atoms with E-state index in [-0.39, 0.29) is 16.4 Å². The molecule has 36 heavy (non-hydrogen) atoms. The van der Waals surface area contributed by atoms with Gasteiger partial charge in [-0.05, 0) is 42.7 Å². The standard InChI is InChI=1S/C26H27F3N4O2S/c1-4-7-18-33(17-5-2)23-13-10-14-24(31-23)36(34,35)32-22-16-15-21(26(27,28)29)25(30-22)20-12-9-8-11-19(20)6-3/h4,6,8-16H,1,3,5,7,17-18H2,2H3,(H,30,32). The molecule has 0 aliphatic heterocycles. The minimum atomic E-state index is -4.70. The van der Waals surface area contributed by atoms with Crippen LogP contribution in [0.25, 0.3) is 17.3 Å². The van der Waals surface area contributed by atoms with Crippen LogP contribution in [-0.2, 0) is 16.2 Å². The van der Waals surface area contributed by atoms with Crippen LogP contribution in [0.3, 0.4) is 0 Å². The third-order valence-electron chi connectivity index (χ3n) is 5.28. The lowest BCUT2D eigenvalue weighted by Gasteiger charge is -2.23. The molecular weight excluding hydrogens is 489 g/mol. The van der Waals surface area contributed by atoms with Gasteiger partial charge >= 0.3 is 6.18 Å². The maximum Gasteiger partial charge on any atom is 0.418 e. The van der Waals surface area contributed by atoms with Crippen molar-refractivity contribution in [2.75, 3.05) is 22.7 Å². The average Bonchev–Trinajstić information content (AvgIpc) is 2.85. The summed E-state index contributed by atoms with van der Waals surface area (Å²) in [5, 5.41) is -0.269. The average molecular weight is 517 g/mol. The molecule has 0 fully saturated rings. The molecule has 2 heterocycles. The lowest BCUT2D eigenvalue weighted by Crippen LogP contribution is -2.27. The van der Waals surface area contributed by atoms with E-state index in [1.54, 1.807) is 36.4 Å². The monoisotopic (exact) mass is 516 g/mol. The van der Waals surface area contributed by atoms with E-state index in [4.69, 9.17) is 0 Å². The summed E-state index contributed by atoms with van der Waals surface area (Å²) in [7, 11) is -4.24. The van der Waals surface area contributed by atoms with E-state index in [1.807, 2.05) is 11.8 Å². The first-order valence-corrected chi connectivity index (χ1v) is 12.7. The van der Waals surface area contributed by atoms with Crippen LogP contribution in [0.2, 0.25) is 0 Å². The fourth-order valence-corrected chi connectivity index (χ4v) is 4.58. The van der Waals surface area contributed by atoms with E-state index in [0.717, 1.165) is 18.6 Å². The lowest BCUT2D eigenvalue weighted by molar-refractivity contribution is -0.137. The van der Waals surface area contributed by atoms with Gasteiger partial charge in [0.25, 0.3) is 10.0 Å². The summed E-state index contributed by atoms with van der Waals surface area (Å²) in [6.45, 7) is 10.7. The van der Waals surface area contributed by atoms with Gasteiger partial charge in [-0.3, -0.25) is 4.72 Å². The molecule has 0 radical (unpaired) electrons. The van der Waals surface area contributed by atoms with Gasteiger partial charge in [-0.25, -0.2) is 9.97 Å². The Morgan fingerprint density at radius 2 is 1.75 bits per heavy atom. The summed E-state index contributed by atoms with van der Waals surface area (Å²) in [5.41, 5.74) is -0.783. The maximum atomic E-state index is 13.8. The molecule has 6 nitrogen and oxygen atoms in total. The Labute approximate surface area is 209 Å². The number of benzene rings is 1. The Hall–Kier alpha value is -3.66. The molecule has 0 saturated heterocycles. The molecule has 0 saturated carbocycles. The molecule has 3 rings (SSSR count). The normalized spacial score (nSPS) is 11.7. The third-order valence-corrected chi connectivity index (χ3v) is 6.54. The van der Waals surface area contributed by atoms with E-state index in [1.165, 1.54) is 18.2 Å². The number of alkyl halides is 3. The summed E-state index contributed by atoms with van der Waals surface area (Å²) >= 11 is 0. The zero-order valence-electron chi connectivity index (χ0n) is 19.8. The van der Waals surface area contributed by atoms with Crippen LogP contribution in [0.4, 0.5) is 24.8 Å². The number of rotatable bonds is 11. The van der Waals surface area contributed by atoms with Crippen molar-refractivity contribution in [2.45, 2.75) is 31.0 Å². The number of pyridine rings is 2. The Balaban J connectivity index is 2.01. The van der Waals surface area contributed by atoms with E-state index < -0.39 is 27.5 Å². The fourth-order valence-electron chi connectivity index (χ4n) is 3.62. The largest absolute Gasteiger partial charge is 0.418 e. The van der Waals surface area contributed by atoms with Crippen LogP contribution in [0.1, 0.15) is 30.9 Å². The van der Waals surface area contributed by atoms with Crippen molar-refractivity contribution in [1.29, 1.82) is 0 Å². The highest BCUT2D eigenvalue weighted by atomic mass is 32.2. The van der Waals surface area contributed by atoms with Crippen molar-refractivity contribution in [3.05, 3.63) is 85.0 Å². The van der Waals surface area contributed by atoms with Gasteiger partial charge in [0.05, 0.1) is 11.3 Å². The number of hydrogen-bond acceptors (Lipinski definition) is 5. The number of hydrogen-bond donors (Lipinski definition) is 1. The van der Waals surface area contributed by atoms with Crippen LogP contribution >= 0.6 is 0 Å². The Morgan fingerprint density at radius 1 is 1.00 bits per heavy atom. The second kappa shape index (κ2) is 11.4. The van der Waals surface area contributed by atoms with Crippen molar-refractivity contribution in [1.82, 2.24) is 9.97 Å². The fraction of sp³-hybridized carbons (Fsp3) is 0.231. The lowest BCUT2D eigenvalue weighted by atomic mass is 10.00. The number of aromatic nitrogens is 2. The highest BCUT2D eigenvalue weighted by Gasteiger charge is 2.35. The molecule has 3 aromatic rings. The van der Waals surface area contributed by atoms with Crippen molar-refractivity contribution in [3.8, 4) is 11.3 Å². The van der Waals surface area contributed by atoms with E-state index >= 15 is 0 Å². The highest BCUT2D eigenvalue weighted by molar-refractivity contribution is 7.92. The smallest absolute Gasteiger partial charge is 0.356 e. The maximum absolute atomic E-state index is 13.8.